The Labute approximate surface area is 125 Å². The van der Waals surface area contributed by atoms with Crippen molar-refractivity contribution in [1.29, 1.82) is 0 Å². The first-order chi connectivity index (χ1) is 10.1. The number of hydrogen-bond donors (Lipinski definition) is 1. The standard InChI is InChI=1S/C17H25F2NO/c1-3-9-20-15(12-17(21-2)7-4-8-17)11-13-10-14(18)5-6-16(13)19/h5-6,10,15,20H,3-4,7-9,11-12H2,1-2H3. The number of ether oxygens (including phenoxy) is 1. The van der Waals surface area contributed by atoms with Gasteiger partial charge in [0.15, 0.2) is 0 Å². The minimum absolute atomic E-state index is 0.0742. The fourth-order valence-electron chi connectivity index (χ4n) is 3.04. The highest BCUT2D eigenvalue weighted by molar-refractivity contribution is 5.20. The summed E-state index contributed by atoms with van der Waals surface area (Å²) in [5, 5.41) is 3.45. The maximum absolute atomic E-state index is 13.8. The van der Waals surface area contributed by atoms with Gasteiger partial charge in [0.1, 0.15) is 11.6 Å². The number of rotatable bonds is 8. The predicted molar refractivity (Wildman–Crippen MR) is 80.4 cm³/mol. The lowest BCUT2D eigenvalue weighted by Crippen LogP contribution is -2.46. The summed E-state index contributed by atoms with van der Waals surface area (Å²) in [6, 6.07) is 3.78. The molecule has 2 rings (SSSR count). The molecule has 1 saturated carbocycles. The lowest BCUT2D eigenvalue weighted by atomic mass is 9.75. The van der Waals surface area contributed by atoms with Crippen LogP contribution in [0, 0.1) is 11.6 Å². The van der Waals surface area contributed by atoms with Crippen LogP contribution < -0.4 is 5.32 Å². The van der Waals surface area contributed by atoms with Crippen molar-refractivity contribution in [3.8, 4) is 0 Å². The molecular formula is C17H25F2NO. The molecule has 1 fully saturated rings. The molecule has 1 aromatic carbocycles. The molecule has 1 aromatic rings. The molecule has 0 heterocycles. The average Bonchev–Trinajstić information content (AvgIpc) is 2.43. The SMILES string of the molecule is CCCNC(Cc1cc(F)ccc1F)CC1(OC)CCC1. The first-order valence-corrected chi connectivity index (χ1v) is 7.81. The molecule has 118 valence electrons. The smallest absolute Gasteiger partial charge is 0.126 e. The Morgan fingerprint density at radius 1 is 1.33 bits per heavy atom. The van der Waals surface area contributed by atoms with Crippen molar-refractivity contribution in [2.24, 2.45) is 0 Å². The van der Waals surface area contributed by atoms with E-state index in [1.165, 1.54) is 18.6 Å². The molecular weight excluding hydrogens is 272 g/mol. The maximum Gasteiger partial charge on any atom is 0.126 e. The summed E-state index contributed by atoms with van der Waals surface area (Å²) >= 11 is 0. The Balaban J connectivity index is 2.06. The predicted octanol–water partition coefficient (Wildman–Crippen LogP) is 3.83. The molecule has 2 nitrogen and oxygen atoms in total. The van der Waals surface area contributed by atoms with Gasteiger partial charge in [-0.15, -0.1) is 0 Å². The largest absolute Gasteiger partial charge is 0.378 e. The lowest BCUT2D eigenvalue weighted by Gasteiger charge is -2.43. The zero-order chi connectivity index (χ0) is 15.3. The van der Waals surface area contributed by atoms with Gasteiger partial charge in [0.25, 0.3) is 0 Å². The maximum atomic E-state index is 13.8. The monoisotopic (exact) mass is 297 g/mol. The molecule has 1 unspecified atom stereocenters. The van der Waals surface area contributed by atoms with Crippen LogP contribution in [0.1, 0.15) is 44.6 Å². The highest BCUT2D eigenvalue weighted by atomic mass is 19.1. The van der Waals surface area contributed by atoms with Crippen LogP contribution in [-0.4, -0.2) is 25.3 Å². The summed E-state index contributed by atoms with van der Waals surface area (Å²) in [6.07, 6.45) is 5.65. The highest BCUT2D eigenvalue weighted by Gasteiger charge is 2.39. The van der Waals surface area contributed by atoms with E-state index in [1.54, 1.807) is 7.11 Å². The van der Waals surface area contributed by atoms with E-state index in [0.717, 1.165) is 38.3 Å². The van der Waals surface area contributed by atoms with Gasteiger partial charge in [0.05, 0.1) is 5.60 Å². The van der Waals surface area contributed by atoms with E-state index in [9.17, 15) is 8.78 Å². The topological polar surface area (TPSA) is 21.3 Å². The van der Waals surface area contributed by atoms with Gasteiger partial charge in [-0.1, -0.05) is 6.92 Å². The highest BCUT2D eigenvalue weighted by Crippen LogP contribution is 2.39. The molecule has 4 heteroatoms. The molecule has 1 N–H and O–H groups in total. The second kappa shape index (κ2) is 7.32. The third kappa shape index (κ3) is 4.24. The first kappa shape index (κ1) is 16.4. The normalized spacial score (nSPS) is 18.3. The number of methoxy groups -OCH3 is 1. The van der Waals surface area contributed by atoms with E-state index in [2.05, 4.69) is 12.2 Å². The van der Waals surface area contributed by atoms with Crippen molar-refractivity contribution in [2.75, 3.05) is 13.7 Å². The Bertz CT molecular complexity index is 455. The molecule has 0 saturated heterocycles. The van der Waals surface area contributed by atoms with Crippen molar-refractivity contribution >= 4 is 0 Å². The van der Waals surface area contributed by atoms with E-state index < -0.39 is 0 Å². The van der Waals surface area contributed by atoms with Crippen molar-refractivity contribution in [3.63, 3.8) is 0 Å². The summed E-state index contributed by atoms with van der Waals surface area (Å²) in [6.45, 7) is 2.98. The summed E-state index contributed by atoms with van der Waals surface area (Å²) < 4.78 is 32.8. The van der Waals surface area contributed by atoms with Crippen LogP contribution in [0.15, 0.2) is 18.2 Å². The van der Waals surface area contributed by atoms with Gasteiger partial charge in [-0.2, -0.15) is 0 Å². The summed E-state index contributed by atoms with van der Waals surface area (Å²) in [5.74, 6) is -0.717. The van der Waals surface area contributed by atoms with Crippen molar-refractivity contribution in [2.45, 2.75) is 57.1 Å². The quantitative estimate of drug-likeness (QED) is 0.787. The number of nitrogens with one attached hydrogen (secondary N) is 1. The fourth-order valence-corrected chi connectivity index (χ4v) is 3.04. The minimum atomic E-state index is -0.384. The van der Waals surface area contributed by atoms with Crippen LogP contribution in [0.5, 0.6) is 0 Å². The van der Waals surface area contributed by atoms with Crippen molar-refractivity contribution in [1.82, 2.24) is 5.32 Å². The van der Waals surface area contributed by atoms with Gasteiger partial charge >= 0.3 is 0 Å². The second-order valence-electron chi connectivity index (χ2n) is 6.04. The Morgan fingerprint density at radius 3 is 2.67 bits per heavy atom. The Kier molecular flexibility index (Phi) is 5.71. The van der Waals surface area contributed by atoms with E-state index in [0.29, 0.717) is 12.0 Å². The van der Waals surface area contributed by atoms with Gasteiger partial charge in [0, 0.05) is 13.2 Å². The first-order valence-electron chi connectivity index (χ1n) is 7.81. The number of halogens is 2. The van der Waals surface area contributed by atoms with Crippen LogP contribution in [0.3, 0.4) is 0 Å². The van der Waals surface area contributed by atoms with Crippen LogP contribution in [0.2, 0.25) is 0 Å². The van der Waals surface area contributed by atoms with Crippen molar-refractivity contribution < 1.29 is 13.5 Å². The number of hydrogen-bond acceptors (Lipinski definition) is 2. The molecule has 0 amide bonds. The molecule has 1 aliphatic rings. The Morgan fingerprint density at radius 2 is 2.10 bits per heavy atom. The molecule has 21 heavy (non-hydrogen) atoms. The van der Waals surface area contributed by atoms with Crippen LogP contribution in [0.25, 0.3) is 0 Å². The lowest BCUT2D eigenvalue weighted by molar-refractivity contribution is -0.0834. The van der Waals surface area contributed by atoms with Gasteiger partial charge < -0.3 is 10.1 Å². The third-order valence-corrected chi connectivity index (χ3v) is 4.47. The zero-order valence-electron chi connectivity index (χ0n) is 12.9. The molecule has 0 aliphatic heterocycles. The van der Waals surface area contributed by atoms with E-state index in [-0.39, 0.29) is 23.3 Å². The average molecular weight is 297 g/mol. The van der Waals surface area contributed by atoms with Gasteiger partial charge in [-0.25, -0.2) is 8.78 Å². The Hall–Kier alpha value is -1.00. The summed E-state index contributed by atoms with van der Waals surface area (Å²) in [7, 11) is 1.75. The van der Waals surface area contributed by atoms with Crippen LogP contribution in [-0.2, 0) is 11.2 Å². The third-order valence-electron chi connectivity index (χ3n) is 4.47. The molecule has 0 spiro atoms. The summed E-state index contributed by atoms with van der Waals surface area (Å²) in [5.41, 5.74) is 0.365. The van der Waals surface area contributed by atoms with E-state index >= 15 is 0 Å². The van der Waals surface area contributed by atoms with Crippen LogP contribution in [0.4, 0.5) is 8.78 Å². The molecule has 0 radical (unpaired) electrons. The van der Waals surface area contributed by atoms with Gasteiger partial charge in [-0.3, -0.25) is 0 Å². The second-order valence-corrected chi connectivity index (χ2v) is 6.04. The summed E-state index contributed by atoms with van der Waals surface area (Å²) in [4.78, 5) is 0. The van der Waals surface area contributed by atoms with Gasteiger partial charge in [-0.05, 0) is 68.8 Å². The fraction of sp³-hybridized carbons (Fsp3) is 0.647. The molecule has 0 bridgehead atoms. The molecule has 0 aromatic heterocycles. The molecule has 1 aliphatic carbocycles. The van der Waals surface area contributed by atoms with Crippen LogP contribution >= 0.6 is 0 Å². The number of benzene rings is 1. The van der Waals surface area contributed by atoms with Gasteiger partial charge in [0.2, 0.25) is 0 Å². The van der Waals surface area contributed by atoms with E-state index in [4.69, 9.17) is 4.74 Å². The molecule has 1 atom stereocenters. The zero-order valence-corrected chi connectivity index (χ0v) is 12.9. The van der Waals surface area contributed by atoms with E-state index in [1.807, 2.05) is 0 Å². The minimum Gasteiger partial charge on any atom is -0.378 e. The van der Waals surface area contributed by atoms with Crippen molar-refractivity contribution in [3.05, 3.63) is 35.4 Å².